The average molecular weight is 393 g/mol. The third kappa shape index (κ3) is 21.5. The molecule has 0 saturated carbocycles. The maximum absolute atomic E-state index is 9.09. The summed E-state index contributed by atoms with van der Waals surface area (Å²) in [7, 11) is 0. The molecule has 0 aromatic carbocycles. The van der Waals surface area contributed by atoms with E-state index in [0.29, 0.717) is 11.8 Å². The molecule has 6 heteroatoms. The van der Waals surface area contributed by atoms with Crippen LogP contribution in [0, 0.1) is 11.8 Å². The minimum atomic E-state index is -0.639. The lowest BCUT2D eigenvalue weighted by Gasteiger charge is -2.28. The highest BCUT2D eigenvalue weighted by Crippen LogP contribution is 2.25. The lowest BCUT2D eigenvalue weighted by atomic mass is 9.87. The molecule has 0 spiro atoms. The van der Waals surface area contributed by atoms with Gasteiger partial charge in [0, 0.05) is 0 Å². The molecule has 0 heterocycles. The molecule has 4 nitrogen and oxygen atoms in total. The van der Waals surface area contributed by atoms with Crippen molar-refractivity contribution in [3.63, 3.8) is 0 Å². The Bertz CT molecular complexity index is 335. The molecule has 0 saturated heterocycles. The molecule has 0 aromatic rings. The number of carbonyl (C=O) groups is 1. The molecule has 0 aromatic heterocycles. The summed E-state index contributed by atoms with van der Waals surface area (Å²) in [6, 6.07) is 0. The van der Waals surface area contributed by atoms with Crippen LogP contribution in [0.2, 0.25) is 0 Å². The quantitative estimate of drug-likeness (QED) is 0.209. The van der Waals surface area contributed by atoms with E-state index in [1.165, 1.54) is 51.4 Å². The predicted molar refractivity (Wildman–Crippen MR) is 116 cm³/mol. The van der Waals surface area contributed by atoms with Crippen LogP contribution in [-0.4, -0.2) is 16.5 Å². The van der Waals surface area contributed by atoms with Crippen LogP contribution in [0.25, 0.3) is 0 Å². The summed E-state index contributed by atoms with van der Waals surface area (Å²) >= 11 is 8.06. The molecule has 25 heavy (non-hydrogen) atoms. The largest absolute Gasteiger partial charge is 0.468 e. The number of amides is 1. The van der Waals surface area contributed by atoms with E-state index in [4.69, 9.17) is 27.5 Å². The summed E-state index contributed by atoms with van der Waals surface area (Å²) < 4.78 is 5.76. The van der Waals surface area contributed by atoms with Gasteiger partial charge in [0.15, 0.2) is 0 Å². The number of thiol groups is 1. The molecule has 2 atom stereocenters. The maximum Gasteiger partial charge on any atom is 0.273 e. The van der Waals surface area contributed by atoms with Gasteiger partial charge < -0.3 is 16.2 Å². The first kappa shape index (κ1) is 26.7. The zero-order valence-corrected chi connectivity index (χ0v) is 18.3. The van der Waals surface area contributed by atoms with Crippen molar-refractivity contribution >= 4 is 35.3 Å². The lowest BCUT2D eigenvalue weighted by molar-refractivity contribution is 0.0956. The molecule has 0 rings (SSSR count). The number of nitrogens with two attached hydrogens (primary N) is 2. The van der Waals surface area contributed by atoms with Crippen molar-refractivity contribution < 1.29 is 9.53 Å². The van der Waals surface area contributed by atoms with E-state index in [-0.39, 0.29) is 11.3 Å². The highest BCUT2D eigenvalue weighted by Gasteiger charge is 2.22. The number of hydrogen-bond donors (Lipinski definition) is 3. The van der Waals surface area contributed by atoms with Gasteiger partial charge in [0.2, 0.25) is 0 Å². The molecule has 0 aliphatic heterocycles. The smallest absolute Gasteiger partial charge is 0.273 e. The molecular weight excluding hydrogens is 352 g/mol. The highest BCUT2D eigenvalue weighted by molar-refractivity contribution is 7.96. The third-order valence-corrected chi connectivity index (χ3v) is 4.28. The van der Waals surface area contributed by atoms with Gasteiger partial charge in [0.25, 0.3) is 10.4 Å². The first-order valence-corrected chi connectivity index (χ1v) is 10.5. The number of rotatable bonds is 13. The number of hydrogen-bond acceptors (Lipinski definition) is 3. The van der Waals surface area contributed by atoms with Gasteiger partial charge in [-0.2, -0.15) is 0 Å². The van der Waals surface area contributed by atoms with Crippen molar-refractivity contribution in [2.24, 2.45) is 23.3 Å². The second kappa shape index (κ2) is 18.3. The van der Waals surface area contributed by atoms with E-state index >= 15 is 0 Å². The fourth-order valence-corrected chi connectivity index (χ4v) is 3.15. The summed E-state index contributed by atoms with van der Waals surface area (Å²) in [4.78, 5) is 9.09. The Hall–Kier alpha value is -0.490. The van der Waals surface area contributed by atoms with Gasteiger partial charge >= 0.3 is 0 Å². The first-order valence-electron chi connectivity index (χ1n) is 9.68. The van der Waals surface area contributed by atoms with Gasteiger partial charge in [-0.05, 0) is 49.7 Å². The molecule has 0 aliphatic rings. The van der Waals surface area contributed by atoms with Crippen LogP contribution in [0.1, 0.15) is 91.9 Å². The molecule has 0 bridgehead atoms. The minimum absolute atomic E-state index is 0.213. The van der Waals surface area contributed by atoms with E-state index in [2.05, 4.69) is 46.1 Å². The Morgan fingerprint density at radius 3 is 1.92 bits per heavy atom. The molecule has 0 radical (unpaired) electrons. The Balaban J connectivity index is 0. The van der Waals surface area contributed by atoms with E-state index in [9.17, 15) is 0 Å². The SMILES string of the molecule is CCCCCCCCCC(OC(N)=S)C(CC)CC(C)C.NC(=O)S. The van der Waals surface area contributed by atoms with Crippen LogP contribution in [0.3, 0.4) is 0 Å². The van der Waals surface area contributed by atoms with Crippen LogP contribution >= 0.6 is 24.8 Å². The summed E-state index contributed by atoms with van der Waals surface area (Å²) in [5.74, 6) is 1.27. The first-order chi connectivity index (χ1) is 11.7. The van der Waals surface area contributed by atoms with Crippen LogP contribution in [0.5, 0.6) is 0 Å². The monoisotopic (exact) mass is 392 g/mol. The van der Waals surface area contributed by atoms with E-state index in [0.717, 1.165) is 12.8 Å². The van der Waals surface area contributed by atoms with Crippen LogP contribution in [-0.2, 0) is 4.74 Å². The van der Waals surface area contributed by atoms with Crippen LogP contribution < -0.4 is 11.5 Å². The van der Waals surface area contributed by atoms with Gasteiger partial charge in [-0.25, -0.2) is 0 Å². The fourth-order valence-electron chi connectivity index (χ4n) is 3.03. The van der Waals surface area contributed by atoms with Crippen molar-refractivity contribution in [3.05, 3.63) is 0 Å². The van der Waals surface area contributed by atoms with Gasteiger partial charge in [0.1, 0.15) is 6.10 Å². The molecule has 2 unspecified atom stereocenters. The summed E-state index contributed by atoms with van der Waals surface area (Å²) in [5.41, 5.74) is 9.95. The maximum atomic E-state index is 9.09. The van der Waals surface area contributed by atoms with E-state index in [1.807, 2.05) is 0 Å². The van der Waals surface area contributed by atoms with Crippen molar-refractivity contribution in [1.82, 2.24) is 0 Å². The number of primary amides is 1. The lowest BCUT2D eigenvalue weighted by Crippen LogP contribution is -2.30. The van der Waals surface area contributed by atoms with Crippen molar-refractivity contribution in [2.45, 2.75) is 98.0 Å². The van der Waals surface area contributed by atoms with Gasteiger partial charge in [-0.3, -0.25) is 4.79 Å². The molecule has 0 aliphatic carbocycles. The topological polar surface area (TPSA) is 78.3 Å². The second-order valence-corrected chi connectivity index (χ2v) is 7.86. The zero-order chi connectivity index (χ0) is 19.7. The van der Waals surface area contributed by atoms with Gasteiger partial charge in [0.05, 0.1) is 0 Å². The molecule has 1 amide bonds. The highest BCUT2D eigenvalue weighted by atomic mass is 32.1. The predicted octanol–water partition coefficient (Wildman–Crippen LogP) is 5.82. The van der Waals surface area contributed by atoms with Crippen molar-refractivity contribution in [1.29, 1.82) is 0 Å². The Kier molecular flexibility index (Phi) is 19.6. The van der Waals surface area contributed by atoms with E-state index in [1.54, 1.807) is 0 Å². The van der Waals surface area contributed by atoms with Crippen molar-refractivity contribution in [3.8, 4) is 0 Å². The minimum Gasteiger partial charge on any atom is -0.468 e. The third-order valence-electron chi connectivity index (χ3n) is 4.18. The number of thiocarbonyl (C=S) groups is 1. The summed E-state index contributed by atoms with van der Waals surface area (Å²) in [5, 5.41) is -0.426. The van der Waals surface area contributed by atoms with Gasteiger partial charge in [-0.15, -0.1) is 0 Å². The van der Waals surface area contributed by atoms with Gasteiger partial charge in [-0.1, -0.05) is 78.8 Å². The Morgan fingerprint density at radius 1 is 1.04 bits per heavy atom. The fraction of sp³-hybridized carbons (Fsp3) is 0.895. The Morgan fingerprint density at radius 2 is 1.52 bits per heavy atom. The Labute approximate surface area is 166 Å². The number of ether oxygens (including phenoxy) is 1. The normalized spacial score (nSPS) is 12.9. The van der Waals surface area contributed by atoms with Crippen LogP contribution in [0.15, 0.2) is 0 Å². The average Bonchev–Trinajstić information content (AvgIpc) is 2.49. The number of carbonyl (C=O) groups excluding carboxylic acids is 1. The standard InChI is InChI=1S/C18H37NOS.CH3NOS/c1-5-7-8-9-10-11-12-13-17(20-18(19)21)16(6-2)14-15(3)4;2-1(3)4/h15-17H,5-14H2,1-4H3,(H2,19,21);(H3,2,3,4). The summed E-state index contributed by atoms with van der Waals surface area (Å²) in [6.45, 7) is 9.05. The van der Waals surface area contributed by atoms with E-state index < -0.39 is 5.24 Å². The molecule has 150 valence electrons. The zero-order valence-electron chi connectivity index (χ0n) is 16.6. The van der Waals surface area contributed by atoms with Crippen LogP contribution in [0.4, 0.5) is 4.79 Å². The molecule has 0 fully saturated rings. The van der Waals surface area contributed by atoms with Crippen molar-refractivity contribution in [2.75, 3.05) is 0 Å². The molecule has 4 N–H and O–H groups in total. The second-order valence-electron chi connectivity index (χ2n) is 7.02. The molecular formula is C19H40N2O2S2. The number of unbranched alkanes of at least 4 members (excludes halogenated alkanes) is 6. The summed E-state index contributed by atoms with van der Waals surface area (Å²) in [6.07, 6.45) is 13.0.